The first kappa shape index (κ1) is 13.5. The highest BCUT2D eigenvalue weighted by Gasteiger charge is 2.13. The second-order valence-corrected chi connectivity index (χ2v) is 5.02. The van der Waals surface area contributed by atoms with Crippen molar-refractivity contribution in [3.63, 3.8) is 0 Å². The molecule has 0 unspecified atom stereocenters. The van der Waals surface area contributed by atoms with Crippen molar-refractivity contribution in [2.24, 2.45) is 0 Å². The molecule has 4 heteroatoms. The van der Waals surface area contributed by atoms with Crippen LogP contribution in [0, 0.1) is 17.0 Å². The van der Waals surface area contributed by atoms with Crippen LogP contribution in [0.15, 0.2) is 53.0 Å². The van der Waals surface area contributed by atoms with Gasteiger partial charge in [0, 0.05) is 10.5 Å². The number of nitrogens with zero attached hydrogens (tertiary/aromatic N) is 1. The van der Waals surface area contributed by atoms with Crippen LogP contribution in [0.5, 0.6) is 0 Å². The third kappa shape index (κ3) is 3.29. The fraction of sp³-hybridized carbons (Fsp3) is 0.0667. The molecule has 0 aromatic heterocycles. The Morgan fingerprint density at radius 1 is 1.21 bits per heavy atom. The number of aryl methyl sites for hydroxylation is 1. The van der Waals surface area contributed by atoms with Gasteiger partial charge in [0.25, 0.3) is 5.70 Å². The zero-order chi connectivity index (χ0) is 13.8. The zero-order valence-corrected chi connectivity index (χ0v) is 11.9. The van der Waals surface area contributed by atoms with Crippen LogP contribution in [0.1, 0.15) is 16.7 Å². The summed E-state index contributed by atoms with van der Waals surface area (Å²) in [4.78, 5) is 10.8. The van der Waals surface area contributed by atoms with Crippen molar-refractivity contribution >= 4 is 27.7 Å². The largest absolute Gasteiger partial charge is 0.277 e. The number of hydrogen-bond donors (Lipinski definition) is 0. The van der Waals surface area contributed by atoms with Crippen LogP contribution in [0.25, 0.3) is 11.8 Å². The Morgan fingerprint density at radius 3 is 2.47 bits per heavy atom. The van der Waals surface area contributed by atoms with Crippen molar-refractivity contribution in [2.45, 2.75) is 6.92 Å². The van der Waals surface area contributed by atoms with Crippen molar-refractivity contribution in [3.05, 3.63) is 79.8 Å². The first-order valence-electron chi connectivity index (χ1n) is 5.75. The predicted molar refractivity (Wildman–Crippen MR) is 80.2 cm³/mol. The minimum atomic E-state index is -0.358. The molecule has 0 saturated heterocycles. The molecule has 0 amide bonds. The van der Waals surface area contributed by atoms with Crippen LogP contribution in [-0.4, -0.2) is 4.92 Å². The van der Waals surface area contributed by atoms with Crippen molar-refractivity contribution < 1.29 is 4.92 Å². The van der Waals surface area contributed by atoms with E-state index in [1.807, 2.05) is 31.2 Å². The van der Waals surface area contributed by atoms with E-state index in [0.29, 0.717) is 5.56 Å². The maximum Gasteiger partial charge on any atom is 0.277 e. The minimum Gasteiger partial charge on any atom is -0.258 e. The Labute approximate surface area is 119 Å². The van der Waals surface area contributed by atoms with Gasteiger partial charge in [-0.3, -0.25) is 10.1 Å². The van der Waals surface area contributed by atoms with E-state index in [1.54, 1.807) is 30.3 Å². The molecule has 0 spiro atoms. The van der Waals surface area contributed by atoms with Crippen LogP contribution < -0.4 is 0 Å². The molecule has 2 aromatic rings. The van der Waals surface area contributed by atoms with Crippen LogP contribution in [0.4, 0.5) is 0 Å². The molecule has 0 radical (unpaired) electrons. The standard InChI is InChI=1S/C15H12BrNO2/c1-11-7-8-12(9-14(11)16)10-15(17(18)19)13-5-3-2-4-6-13/h2-10H,1H3/b15-10+. The molecule has 0 aliphatic rings. The highest BCUT2D eigenvalue weighted by Crippen LogP contribution is 2.22. The summed E-state index contributed by atoms with van der Waals surface area (Å²) >= 11 is 3.43. The topological polar surface area (TPSA) is 43.1 Å². The van der Waals surface area contributed by atoms with Gasteiger partial charge in [-0.15, -0.1) is 0 Å². The van der Waals surface area contributed by atoms with E-state index in [-0.39, 0.29) is 10.6 Å². The lowest BCUT2D eigenvalue weighted by atomic mass is 10.1. The Morgan fingerprint density at radius 2 is 1.89 bits per heavy atom. The summed E-state index contributed by atoms with van der Waals surface area (Å²) in [6.07, 6.45) is 1.58. The van der Waals surface area contributed by atoms with Gasteiger partial charge in [-0.2, -0.15) is 0 Å². The van der Waals surface area contributed by atoms with Gasteiger partial charge in [-0.25, -0.2) is 0 Å². The molecule has 0 atom stereocenters. The lowest BCUT2D eigenvalue weighted by Crippen LogP contribution is -1.97. The minimum absolute atomic E-state index is 0.0938. The van der Waals surface area contributed by atoms with E-state index in [2.05, 4.69) is 15.9 Å². The Balaban J connectivity index is 2.47. The molecular weight excluding hydrogens is 306 g/mol. The Kier molecular flexibility index (Phi) is 4.12. The molecule has 0 fully saturated rings. The molecular formula is C15H12BrNO2. The third-order valence-electron chi connectivity index (χ3n) is 2.77. The van der Waals surface area contributed by atoms with Crippen LogP contribution in [-0.2, 0) is 0 Å². The molecule has 2 aromatic carbocycles. The number of hydrogen-bond acceptors (Lipinski definition) is 2. The van der Waals surface area contributed by atoms with Gasteiger partial charge in [0.15, 0.2) is 0 Å². The van der Waals surface area contributed by atoms with E-state index >= 15 is 0 Å². The van der Waals surface area contributed by atoms with E-state index in [0.717, 1.165) is 15.6 Å². The monoisotopic (exact) mass is 317 g/mol. The summed E-state index contributed by atoms with van der Waals surface area (Å²) in [5.41, 5.74) is 2.59. The summed E-state index contributed by atoms with van der Waals surface area (Å²) in [5, 5.41) is 11.2. The number of halogens is 1. The van der Waals surface area contributed by atoms with Crippen molar-refractivity contribution in [1.82, 2.24) is 0 Å². The van der Waals surface area contributed by atoms with Crippen LogP contribution >= 0.6 is 15.9 Å². The van der Waals surface area contributed by atoms with Crippen molar-refractivity contribution in [3.8, 4) is 0 Å². The molecule has 0 aliphatic heterocycles. The molecule has 3 nitrogen and oxygen atoms in total. The molecule has 19 heavy (non-hydrogen) atoms. The van der Waals surface area contributed by atoms with Gasteiger partial charge >= 0.3 is 0 Å². The van der Waals surface area contributed by atoms with E-state index in [1.165, 1.54) is 0 Å². The first-order chi connectivity index (χ1) is 9.08. The van der Waals surface area contributed by atoms with Gasteiger partial charge in [0.1, 0.15) is 0 Å². The molecule has 0 N–H and O–H groups in total. The quantitative estimate of drug-likeness (QED) is 0.474. The average molecular weight is 318 g/mol. The molecule has 0 bridgehead atoms. The van der Waals surface area contributed by atoms with Gasteiger partial charge in [-0.1, -0.05) is 46.3 Å². The summed E-state index contributed by atoms with van der Waals surface area (Å²) in [6.45, 7) is 1.98. The fourth-order valence-corrected chi connectivity index (χ4v) is 2.10. The molecule has 0 aliphatic carbocycles. The summed E-state index contributed by atoms with van der Waals surface area (Å²) < 4.78 is 0.942. The Bertz CT molecular complexity index is 636. The average Bonchev–Trinajstić information content (AvgIpc) is 2.40. The van der Waals surface area contributed by atoms with E-state index in [9.17, 15) is 10.1 Å². The first-order valence-corrected chi connectivity index (χ1v) is 6.55. The molecule has 2 rings (SSSR count). The highest BCUT2D eigenvalue weighted by molar-refractivity contribution is 9.10. The third-order valence-corrected chi connectivity index (χ3v) is 3.62. The van der Waals surface area contributed by atoms with Gasteiger partial charge in [0.2, 0.25) is 0 Å². The molecule has 0 heterocycles. The van der Waals surface area contributed by atoms with Gasteiger partial charge < -0.3 is 0 Å². The number of rotatable bonds is 3. The fourth-order valence-electron chi connectivity index (χ4n) is 1.71. The maximum atomic E-state index is 11.2. The lowest BCUT2D eigenvalue weighted by molar-refractivity contribution is -0.374. The number of nitro groups is 1. The smallest absolute Gasteiger partial charge is 0.258 e. The molecule has 0 saturated carbocycles. The maximum absolute atomic E-state index is 11.2. The SMILES string of the molecule is Cc1ccc(/C=C(\c2ccccc2)[N+](=O)[O-])cc1Br. The second kappa shape index (κ2) is 5.80. The van der Waals surface area contributed by atoms with Gasteiger partial charge in [0.05, 0.1) is 10.5 Å². The highest BCUT2D eigenvalue weighted by atomic mass is 79.9. The van der Waals surface area contributed by atoms with Crippen molar-refractivity contribution in [2.75, 3.05) is 0 Å². The lowest BCUT2D eigenvalue weighted by Gasteiger charge is -2.01. The summed E-state index contributed by atoms with van der Waals surface area (Å²) in [5.74, 6) is 0. The van der Waals surface area contributed by atoms with Crippen LogP contribution in [0.2, 0.25) is 0 Å². The van der Waals surface area contributed by atoms with Gasteiger partial charge in [-0.05, 0) is 36.2 Å². The summed E-state index contributed by atoms with van der Waals surface area (Å²) in [6, 6.07) is 14.6. The zero-order valence-electron chi connectivity index (χ0n) is 10.3. The number of benzene rings is 2. The van der Waals surface area contributed by atoms with Crippen LogP contribution in [0.3, 0.4) is 0 Å². The van der Waals surface area contributed by atoms with Crippen molar-refractivity contribution in [1.29, 1.82) is 0 Å². The second-order valence-electron chi connectivity index (χ2n) is 4.16. The normalized spacial score (nSPS) is 11.4. The summed E-state index contributed by atoms with van der Waals surface area (Å²) in [7, 11) is 0. The van der Waals surface area contributed by atoms with E-state index < -0.39 is 0 Å². The Hall–Kier alpha value is -1.94. The molecule has 96 valence electrons. The predicted octanol–water partition coefficient (Wildman–Crippen LogP) is 4.53. The van der Waals surface area contributed by atoms with E-state index in [4.69, 9.17) is 0 Å².